The van der Waals surface area contributed by atoms with Gasteiger partial charge in [-0.3, -0.25) is 14.3 Å². The van der Waals surface area contributed by atoms with Crippen molar-refractivity contribution in [1.82, 2.24) is 14.7 Å². The Morgan fingerprint density at radius 3 is 2.61 bits per heavy atom. The fourth-order valence-electron chi connectivity index (χ4n) is 2.92. The lowest BCUT2D eigenvalue weighted by molar-refractivity contribution is 0.0631. The van der Waals surface area contributed by atoms with Gasteiger partial charge in [-0.05, 0) is 43.2 Å². The number of likely N-dealkylation sites (tertiary alicyclic amines) is 1. The number of hydrogen-bond donors (Lipinski definition) is 0. The highest BCUT2D eigenvalue weighted by molar-refractivity contribution is 5.99. The molecule has 1 aromatic carbocycles. The van der Waals surface area contributed by atoms with Gasteiger partial charge in [-0.25, -0.2) is 4.39 Å². The summed E-state index contributed by atoms with van der Waals surface area (Å²) in [6.07, 6.45) is 3.23. The summed E-state index contributed by atoms with van der Waals surface area (Å²) in [5, 5.41) is 4.12. The van der Waals surface area contributed by atoms with Crippen molar-refractivity contribution in [2.24, 2.45) is 13.0 Å². The summed E-state index contributed by atoms with van der Waals surface area (Å²) in [5.74, 6) is -0.801. The molecule has 1 atom stereocenters. The van der Waals surface area contributed by atoms with Gasteiger partial charge < -0.3 is 4.90 Å². The van der Waals surface area contributed by atoms with Crippen LogP contribution in [0.1, 0.15) is 33.7 Å². The summed E-state index contributed by atoms with van der Waals surface area (Å²) in [7, 11) is 1.76. The molecule has 0 radical (unpaired) electrons. The average molecular weight is 315 g/mol. The van der Waals surface area contributed by atoms with Crippen LogP contribution in [0.5, 0.6) is 0 Å². The zero-order chi connectivity index (χ0) is 16.4. The van der Waals surface area contributed by atoms with E-state index in [1.54, 1.807) is 28.9 Å². The van der Waals surface area contributed by atoms with E-state index < -0.39 is 0 Å². The molecule has 0 aliphatic carbocycles. The third kappa shape index (κ3) is 3.31. The van der Waals surface area contributed by atoms with Gasteiger partial charge in [0, 0.05) is 37.8 Å². The van der Waals surface area contributed by atoms with Crippen molar-refractivity contribution in [3.05, 3.63) is 53.6 Å². The van der Waals surface area contributed by atoms with Crippen molar-refractivity contribution >= 4 is 11.7 Å². The van der Waals surface area contributed by atoms with E-state index in [-0.39, 0.29) is 23.4 Å². The summed E-state index contributed by atoms with van der Waals surface area (Å²) >= 11 is 0. The van der Waals surface area contributed by atoms with E-state index in [2.05, 4.69) is 5.10 Å². The number of aromatic nitrogens is 2. The Kier molecular flexibility index (Phi) is 4.23. The molecule has 1 fully saturated rings. The van der Waals surface area contributed by atoms with E-state index in [9.17, 15) is 14.0 Å². The SMILES string of the molecule is Cn1ccc(C(=O)N2CCC[C@H](C(=O)c3ccc(F)cc3)C2)n1. The molecule has 1 amide bonds. The largest absolute Gasteiger partial charge is 0.337 e. The number of aryl methyl sites for hydroxylation is 1. The topological polar surface area (TPSA) is 55.2 Å². The lowest BCUT2D eigenvalue weighted by Gasteiger charge is -2.31. The summed E-state index contributed by atoms with van der Waals surface area (Å²) in [5.41, 5.74) is 0.880. The average Bonchev–Trinajstić information content (AvgIpc) is 3.01. The molecular formula is C17H18FN3O2. The molecule has 0 unspecified atom stereocenters. The number of halogens is 1. The van der Waals surface area contributed by atoms with Crippen LogP contribution in [0, 0.1) is 11.7 Å². The quantitative estimate of drug-likeness (QED) is 0.817. The van der Waals surface area contributed by atoms with E-state index >= 15 is 0 Å². The summed E-state index contributed by atoms with van der Waals surface area (Å²) in [4.78, 5) is 26.7. The van der Waals surface area contributed by atoms with Gasteiger partial charge in [-0.15, -0.1) is 0 Å². The van der Waals surface area contributed by atoms with Crippen molar-refractivity contribution in [3.63, 3.8) is 0 Å². The standard InChI is InChI=1S/C17H18FN3O2/c1-20-10-8-15(19-20)17(23)21-9-2-3-13(11-21)16(22)12-4-6-14(18)7-5-12/h4-8,10,13H,2-3,9,11H2,1H3/t13-/m0/s1. The molecule has 5 nitrogen and oxygen atoms in total. The fourth-order valence-corrected chi connectivity index (χ4v) is 2.92. The van der Waals surface area contributed by atoms with Crippen LogP contribution in [0.4, 0.5) is 4.39 Å². The maximum Gasteiger partial charge on any atom is 0.274 e. The number of ketones is 1. The zero-order valence-electron chi connectivity index (χ0n) is 12.9. The van der Waals surface area contributed by atoms with Crippen molar-refractivity contribution in [3.8, 4) is 0 Å². The maximum atomic E-state index is 13.0. The van der Waals surface area contributed by atoms with Crippen LogP contribution in [-0.2, 0) is 7.05 Å². The van der Waals surface area contributed by atoms with E-state index in [1.807, 2.05) is 0 Å². The number of amides is 1. The highest BCUT2D eigenvalue weighted by Gasteiger charge is 2.30. The number of hydrogen-bond acceptors (Lipinski definition) is 3. The first kappa shape index (κ1) is 15.4. The van der Waals surface area contributed by atoms with Gasteiger partial charge in [0.05, 0.1) is 0 Å². The number of carbonyl (C=O) groups excluding carboxylic acids is 2. The monoisotopic (exact) mass is 315 g/mol. The first-order valence-corrected chi connectivity index (χ1v) is 7.63. The minimum absolute atomic E-state index is 0.0384. The Labute approximate surface area is 133 Å². The van der Waals surface area contributed by atoms with Crippen LogP contribution in [-0.4, -0.2) is 39.5 Å². The lowest BCUT2D eigenvalue weighted by Crippen LogP contribution is -2.42. The Morgan fingerprint density at radius 1 is 1.22 bits per heavy atom. The molecule has 6 heteroatoms. The molecule has 0 saturated carbocycles. The summed E-state index contributed by atoms with van der Waals surface area (Å²) in [6, 6.07) is 7.24. The van der Waals surface area contributed by atoms with Crippen LogP contribution < -0.4 is 0 Å². The number of rotatable bonds is 3. The first-order chi connectivity index (χ1) is 11.0. The Hall–Kier alpha value is -2.50. The molecule has 120 valence electrons. The highest BCUT2D eigenvalue weighted by atomic mass is 19.1. The van der Waals surface area contributed by atoms with Crippen LogP contribution in [0.15, 0.2) is 36.5 Å². The van der Waals surface area contributed by atoms with E-state index in [0.717, 1.165) is 12.8 Å². The van der Waals surface area contributed by atoms with E-state index in [0.29, 0.717) is 24.3 Å². The smallest absolute Gasteiger partial charge is 0.274 e. The van der Waals surface area contributed by atoms with Gasteiger partial charge in [0.15, 0.2) is 5.78 Å². The van der Waals surface area contributed by atoms with Crippen LogP contribution in [0.2, 0.25) is 0 Å². The Morgan fingerprint density at radius 2 is 1.96 bits per heavy atom. The van der Waals surface area contributed by atoms with Crippen LogP contribution in [0.25, 0.3) is 0 Å². The van der Waals surface area contributed by atoms with Gasteiger partial charge in [0.1, 0.15) is 11.5 Å². The third-order valence-electron chi connectivity index (χ3n) is 4.14. The zero-order valence-corrected chi connectivity index (χ0v) is 12.9. The van der Waals surface area contributed by atoms with Crippen LogP contribution >= 0.6 is 0 Å². The van der Waals surface area contributed by atoms with Gasteiger partial charge in [-0.2, -0.15) is 5.10 Å². The molecule has 2 aromatic rings. The number of benzene rings is 1. The Balaban J connectivity index is 1.71. The molecule has 3 rings (SSSR count). The minimum atomic E-state index is -0.364. The number of carbonyl (C=O) groups is 2. The molecule has 23 heavy (non-hydrogen) atoms. The number of Topliss-reactive ketones (excluding diaryl/α,β-unsaturated/α-hetero) is 1. The van der Waals surface area contributed by atoms with Gasteiger partial charge in [0.2, 0.25) is 0 Å². The normalized spacial score (nSPS) is 18.0. The van der Waals surface area contributed by atoms with Crippen LogP contribution in [0.3, 0.4) is 0 Å². The number of nitrogens with zero attached hydrogens (tertiary/aromatic N) is 3. The molecule has 0 N–H and O–H groups in total. The second kappa shape index (κ2) is 6.32. The van der Waals surface area contributed by atoms with Gasteiger partial charge in [-0.1, -0.05) is 0 Å². The number of piperidine rings is 1. The van der Waals surface area contributed by atoms with Crippen molar-refractivity contribution in [1.29, 1.82) is 0 Å². The Bertz CT molecular complexity index is 724. The molecule has 1 aliphatic heterocycles. The van der Waals surface area contributed by atoms with Gasteiger partial charge >= 0.3 is 0 Å². The second-order valence-electron chi connectivity index (χ2n) is 5.84. The van der Waals surface area contributed by atoms with Crippen molar-refractivity contribution in [2.75, 3.05) is 13.1 Å². The highest BCUT2D eigenvalue weighted by Crippen LogP contribution is 2.22. The third-order valence-corrected chi connectivity index (χ3v) is 4.14. The lowest BCUT2D eigenvalue weighted by atomic mass is 9.90. The van der Waals surface area contributed by atoms with Gasteiger partial charge in [0.25, 0.3) is 5.91 Å². The predicted octanol–water partition coefficient (Wildman–Crippen LogP) is 2.29. The maximum absolute atomic E-state index is 13.0. The molecular weight excluding hydrogens is 297 g/mol. The molecule has 1 aromatic heterocycles. The molecule has 0 bridgehead atoms. The molecule has 0 spiro atoms. The first-order valence-electron chi connectivity index (χ1n) is 7.63. The van der Waals surface area contributed by atoms with E-state index in [1.165, 1.54) is 24.3 Å². The summed E-state index contributed by atoms with van der Waals surface area (Å²) < 4.78 is 14.6. The molecule has 1 saturated heterocycles. The predicted molar refractivity (Wildman–Crippen MR) is 82.6 cm³/mol. The molecule has 2 heterocycles. The molecule has 1 aliphatic rings. The summed E-state index contributed by atoms with van der Waals surface area (Å²) in [6.45, 7) is 1.01. The second-order valence-corrected chi connectivity index (χ2v) is 5.84. The van der Waals surface area contributed by atoms with Crippen molar-refractivity contribution in [2.45, 2.75) is 12.8 Å². The minimum Gasteiger partial charge on any atom is -0.337 e. The van der Waals surface area contributed by atoms with Crippen molar-refractivity contribution < 1.29 is 14.0 Å². The fraction of sp³-hybridized carbons (Fsp3) is 0.353. The van der Waals surface area contributed by atoms with E-state index in [4.69, 9.17) is 0 Å².